The van der Waals surface area contributed by atoms with Crippen LogP contribution in [0.25, 0.3) is 0 Å². The van der Waals surface area contributed by atoms with Crippen LogP contribution in [0.15, 0.2) is 23.3 Å². The van der Waals surface area contributed by atoms with E-state index in [2.05, 4.69) is 42.2 Å². The molecule has 17 heavy (non-hydrogen) atoms. The molecule has 0 spiro atoms. The molecule has 0 fully saturated rings. The van der Waals surface area contributed by atoms with E-state index >= 15 is 0 Å². The largest absolute Gasteiger partial charge is 0.367 e. The highest BCUT2D eigenvalue weighted by Crippen LogP contribution is 2.17. The van der Waals surface area contributed by atoms with E-state index in [-0.39, 0.29) is 22.4 Å². The molecule has 0 saturated carbocycles. The van der Waals surface area contributed by atoms with Crippen LogP contribution in [0.4, 0.5) is 0 Å². The summed E-state index contributed by atoms with van der Waals surface area (Å²) in [5.74, 6) is -0.354. The molecule has 94 valence electrons. The van der Waals surface area contributed by atoms with Crippen molar-refractivity contribution in [1.82, 2.24) is 10.3 Å². The Morgan fingerprint density at radius 2 is 2.12 bits per heavy atom. The van der Waals surface area contributed by atoms with Crippen LogP contribution in [0.2, 0.25) is 0 Å². The van der Waals surface area contributed by atoms with Crippen LogP contribution in [0, 0.1) is 0 Å². The molecular weight excluding hydrogens is 352 g/mol. The number of hydrogen-bond acceptors (Lipinski definition) is 2. The van der Waals surface area contributed by atoms with Crippen LogP contribution < -0.4 is 10.7 Å². The van der Waals surface area contributed by atoms with Crippen molar-refractivity contribution in [1.29, 1.82) is 0 Å². The number of aromatic nitrogens is 1. The number of aromatic amines is 1. The second-order valence-corrected chi connectivity index (χ2v) is 4.90. The van der Waals surface area contributed by atoms with Gasteiger partial charge in [-0.2, -0.15) is 0 Å². The fraction of sp³-hybridized carbons (Fsp3) is 0.455. The van der Waals surface area contributed by atoms with Gasteiger partial charge in [0.25, 0.3) is 5.91 Å². The molecule has 6 heteroatoms. The van der Waals surface area contributed by atoms with Crippen LogP contribution in [-0.2, 0) is 0 Å². The number of pyridine rings is 1. The van der Waals surface area contributed by atoms with Crippen molar-refractivity contribution in [2.45, 2.75) is 18.9 Å². The summed E-state index contributed by atoms with van der Waals surface area (Å²) >= 11 is 6.76. The van der Waals surface area contributed by atoms with Gasteiger partial charge in [0.05, 0.1) is 5.54 Å². The maximum absolute atomic E-state index is 12.0. The maximum atomic E-state index is 12.0. The number of hydrogen-bond donors (Lipinski definition) is 2. The molecule has 0 aliphatic heterocycles. The number of H-pyrrole nitrogens is 1. The Bertz CT molecular complexity index is 433. The zero-order valence-corrected chi connectivity index (χ0v) is 12.6. The average Bonchev–Trinajstić information content (AvgIpc) is 2.36. The number of carbonyl (C=O) groups excluding carboxylic acids is 1. The molecule has 0 aromatic carbocycles. The molecule has 0 atom stereocenters. The number of amides is 1. The Morgan fingerprint density at radius 3 is 2.59 bits per heavy atom. The fourth-order valence-electron chi connectivity index (χ4n) is 1.28. The van der Waals surface area contributed by atoms with Gasteiger partial charge in [-0.1, -0.05) is 38.8 Å². The van der Waals surface area contributed by atoms with E-state index in [4.69, 9.17) is 0 Å². The predicted molar refractivity (Wildman–Crippen MR) is 75.1 cm³/mol. The number of rotatable bonds is 5. The molecular formula is C11H14Br2N2O2. The molecule has 1 amide bonds. The Morgan fingerprint density at radius 1 is 1.47 bits per heavy atom. The first-order chi connectivity index (χ1) is 8.08. The van der Waals surface area contributed by atoms with Gasteiger partial charge in [0.1, 0.15) is 5.56 Å². The van der Waals surface area contributed by atoms with E-state index < -0.39 is 0 Å². The lowest BCUT2D eigenvalue weighted by Gasteiger charge is -2.29. The smallest absolute Gasteiger partial charge is 0.257 e. The molecule has 0 bridgehead atoms. The molecule has 1 rings (SSSR count). The van der Waals surface area contributed by atoms with Gasteiger partial charge in [0.2, 0.25) is 0 Å². The minimum atomic E-state index is -0.376. The molecule has 1 aromatic heterocycles. The quantitative estimate of drug-likeness (QED) is 0.784. The average molecular weight is 366 g/mol. The van der Waals surface area contributed by atoms with E-state index in [1.807, 2.05) is 6.92 Å². The van der Waals surface area contributed by atoms with Gasteiger partial charge in [0, 0.05) is 29.1 Å². The van der Waals surface area contributed by atoms with E-state index in [1.54, 1.807) is 0 Å². The molecule has 0 aliphatic carbocycles. The third-order valence-corrected chi connectivity index (χ3v) is 4.78. The predicted octanol–water partition coefficient (Wildman–Crippen LogP) is 2.04. The van der Waals surface area contributed by atoms with Crippen molar-refractivity contribution in [3.05, 3.63) is 34.2 Å². The standard InChI is InChI=1S/C11H14Br2N2O2/c1-2-11(6-12,7-13)15-10(17)8-5-14-4-3-9(8)16/h3-5H,2,6-7H2,1H3,(H,14,16)(H,15,17). The Hall–Kier alpha value is -0.620. The van der Waals surface area contributed by atoms with Gasteiger partial charge in [-0.15, -0.1) is 0 Å². The second kappa shape index (κ2) is 6.35. The van der Waals surface area contributed by atoms with Crippen molar-refractivity contribution in [2.24, 2.45) is 0 Å². The van der Waals surface area contributed by atoms with Crippen LogP contribution in [0.3, 0.4) is 0 Å². The summed E-state index contributed by atoms with van der Waals surface area (Å²) in [5.41, 5.74) is -0.526. The zero-order valence-electron chi connectivity index (χ0n) is 9.43. The van der Waals surface area contributed by atoms with Gasteiger partial charge in [-0.3, -0.25) is 9.59 Å². The summed E-state index contributed by atoms with van der Waals surface area (Å²) in [5, 5.41) is 4.13. The summed E-state index contributed by atoms with van der Waals surface area (Å²) in [6.45, 7) is 1.98. The lowest BCUT2D eigenvalue weighted by atomic mass is 10.0. The third kappa shape index (κ3) is 3.42. The van der Waals surface area contributed by atoms with Gasteiger partial charge in [-0.05, 0) is 6.42 Å². The van der Waals surface area contributed by atoms with E-state index in [9.17, 15) is 9.59 Å². The summed E-state index contributed by atoms with van der Waals surface area (Å²) in [4.78, 5) is 26.2. The summed E-state index contributed by atoms with van der Waals surface area (Å²) in [6, 6.07) is 1.34. The molecule has 4 nitrogen and oxygen atoms in total. The van der Waals surface area contributed by atoms with Crippen molar-refractivity contribution in [2.75, 3.05) is 10.7 Å². The Labute approximate surface area is 116 Å². The van der Waals surface area contributed by atoms with Crippen LogP contribution in [-0.4, -0.2) is 27.1 Å². The third-order valence-electron chi connectivity index (χ3n) is 2.64. The summed E-state index contributed by atoms with van der Waals surface area (Å²) < 4.78 is 0. The van der Waals surface area contributed by atoms with Crippen molar-refractivity contribution in [3.8, 4) is 0 Å². The van der Waals surface area contributed by atoms with Crippen molar-refractivity contribution in [3.63, 3.8) is 0 Å². The van der Waals surface area contributed by atoms with Crippen LogP contribution in [0.5, 0.6) is 0 Å². The Balaban J connectivity index is 2.93. The van der Waals surface area contributed by atoms with Crippen LogP contribution in [0.1, 0.15) is 23.7 Å². The maximum Gasteiger partial charge on any atom is 0.257 e. The van der Waals surface area contributed by atoms with Gasteiger partial charge < -0.3 is 10.3 Å². The molecule has 2 N–H and O–H groups in total. The first-order valence-electron chi connectivity index (χ1n) is 5.20. The first kappa shape index (κ1) is 14.4. The lowest BCUT2D eigenvalue weighted by Crippen LogP contribution is -2.51. The van der Waals surface area contributed by atoms with Gasteiger partial charge in [-0.25, -0.2) is 0 Å². The van der Waals surface area contributed by atoms with Gasteiger partial charge in [0.15, 0.2) is 5.43 Å². The Kier molecular flexibility index (Phi) is 5.39. The minimum absolute atomic E-state index is 0.132. The van der Waals surface area contributed by atoms with E-state index in [0.29, 0.717) is 10.7 Å². The zero-order chi connectivity index (χ0) is 12.9. The SMILES string of the molecule is CCC(CBr)(CBr)NC(=O)c1c[nH]ccc1=O. The molecule has 0 unspecified atom stereocenters. The highest BCUT2D eigenvalue weighted by atomic mass is 79.9. The minimum Gasteiger partial charge on any atom is -0.367 e. The van der Waals surface area contributed by atoms with Crippen molar-refractivity contribution < 1.29 is 4.79 Å². The molecule has 0 radical (unpaired) electrons. The fourth-order valence-corrected chi connectivity index (χ4v) is 3.28. The normalized spacial score (nSPS) is 11.2. The van der Waals surface area contributed by atoms with E-state index in [1.165, 1.54) is 18.5 Å². The number of alkyl halides is 2. The molecule has 1 aromatic rings. The van der Waals surface area contributed by atoms with E-state index in [0.717, 1.165) is 6.42 Å². The van der Waals surface area contributed by atoms with Crippen molar-refractivity contribution >= 4 is 37.8 Å². The van der Waals surface area contributed by atoms with Gasteiger partial charge >= 0.3 is 0 Å². The molecule has 0 saturated heterocycles. The second-order valence-electron chi connectivity index (χ2n) is 3.78. The summed E-state index contributed by atoms with van der Waals surface area (Å²) in [6.07, 6.45) is 3.68. The number of nitrogens with one attached hydrogen (secondary N) is 2. The monoisotopic (exact) mass is 364 g/mol. The van der Waals surface area contributed by atoms with Crippen LogP contribution >= 0.6 is 31.9 Å². The first-order valence-corrected chi connectivity index (χ1v) is 7.44. The summed E-state index contributed by atoms with van der Waals surface area (Å²) in [7, 11) is 0. The number of halogens is 2. The highest BCUT2D eigenvalue weighted by molar-refractivity contribution is 9.09. The topological polar surface area (TPSA) is 62.0 Å². The number of carbonyl (C=O) groups is 1. The molecule has 0 aliphatic rings. The highest BCUT2D eigenvalue weighted by Gasteiger charge is 2.28. The molecule has 1 heterocycles. The lowest BCUT2D eigenvalue weighted by molar-refractivity contribution is 0.0914.